The van der Waals surface area contributed by atoms with Gasteiger partial charge in [0, 0.05) is 12.6 Å². The lowest BCUT2D eigenvalue weighted by Crippen LogP contribution is -2.47. The number of nitrogens with one attached hydrogen (secondary N) is 1. The van der Waals surface area contributed by atoms with Crippen molar-refractivity contribution in [1.82, 2.24) is 5.32 Å². The van der Waals surface area contributed by atoms with E-state index in [-0.39, 0.29) is 5.60 Å². The Hall–Kier alpha value is -0.340. The molecule has 0 aliphatic carbocycles. The summed E-state index contributed by atoms with van der Waals surface area (Å²) in [6.45, 7) is 13.0. The van der Waals surface area contributed by atoms with Crippen molar-refractivity contribution in [2.75, 3.05) is 13.7 Å². The van der Waals surface area contributed by atoms with Crippen LogP contribution in [0.4, 0.5) is 0 Å². The van der Waals surface area contributed by atoms with Crippen LogP contribution >= 0.6 is 0 Å². The van der Waals surface area contributed by atoms with Crippen molar-refractivity contribution in [2.24, 2.45) is 0 Å². The molecule has 1 atom stereocenters. The van der Waals surface area contributed by atoms with Crippen molar-refractivity contribution in [2.45, 2.75) is 45.8 Å². The highest BCUT2D eigenvalue weighted by Crippen LogP contribution is 2.19. The van der Waals surface area contributed by atoms with Crippen molar-refractivity contribution in [3.8, 4) is 0 Å². The molecule has 0 aliphatic heterocycles. The first-order valence-electron chi connectivity index (χ1n) is 4.89. The van der Waals surface area contributed by atoms with Gasteiger partial charge in [-0.15, -0.1) is 6.58 Å². The Labute approximate surface area is 82.4 Å². The van der Waals surface area contributed by atoms with Crippen LogP contribution in [-0.4, -0.2) is 25.3 Å². The molecule has 2 nitrogen and oxygen atoms in total. The van der Waals surface area contributed by atoms with E-state index in [9.17, 15) is 0 Å². The summed E-state index contributed by atoms with van der Waals surface area (Å²) in [6.07, 6.45) is 0.962. The third-order valence-electron chi connectivity index (χ3n) is 2.26. The van der Waals surface area contributed by atoms with Crippen LogP contribution in [0.2, 0.25) is 0 Å². The lowest BCUT2D eigenvalue weighted by molar-refractivity contribution is -0.0362. The Morgan fingerprint density at radius 3 is 2.38 bits per heavy atom. The predicted octanol–water partition coefficient (Wildman–Crippen LogP) is 2.36. The van der Waals surface area contributed by atoms with Gasteiger partial charge in [0.15, 0.2) is 0 Å². The minimum absolute atomic E-state index is 0.123. The van der Waals surface area contributed by atoms with E-state index in [2.05, 4.69) is 25.7 Å². The first kappa shape index (κ1) is 12.7. The molecule has 1 N–H and O–H groups in total. The zero-order chi connectivity index (χ0) is 10.5. The first-order chi connectivity index (χ1) is 5.94. The summed E-state index contributed by atoms with van der Waals surface area (Å²) in [7, 11) is 1.97. The third-order valence-corrected chi connectivity index (χ3v) is 2.26. The molecule has 0 amide bonds. The zero-order valence-corrected chi connectivity index (χ0v) is 9.61. The van der Waals surface area contributed by atoms with E-state index in [1.165, 1.54) is 5.57 Å². The highest BCUT2D eigenvalue weighted by Gasteiger charge is 2.28. The van der Waals surface area contributed by atoms with Crippen LogP contribution in [0.15, 0.2) is 12.2 Å². The monoisotopic (exact) mass is 185 g/mol. The van der Waals surface area contributed by atoms with Crippen LogP contribution < -0.4 is 5.32 Å². The number of hydrogen-bond donors (Lipinski definition) is 1. The van der Waals surface area contributed by atoms with Crippen molar-refractivity contribution in [3.63, 3.8) is 0 Å². The average molecular weight is 185 g/mol. The van der Waals surface area contributed by atoms with Gasteiger partial charge in [0.25, 0.3) is 0 Å². The lowest BCUT2D eigenvalue weighted by Gasteiger charge is -2.34. The fourth-order valence-electron chi connectivity index (χ4n) is 1.52. The molecule has 0 aromatic heterocycles. The molecule has 0 fully saturated rings. The minimum Gasteiger partial charge on any atom is -0.374 e. The van der Waals surface area contributed by atoms with Gasteiger partial charge in [-0.2, -0.15) is 0 Å². The number of hydrogen-bond acceptors (Lipinski definition) is 2. The van der Waals surface area contributed by atoms with Crippen LogP contribution in [0.1, 0.15) is 34.1 Å². The average Bonchev–Trinajstić information content (AvgIpc) is 1.99. The van der Waals surface area contributed by atoms with E-state index in [1.54, 1.807) is 0 Å². The van der Waals surface area contributed by atoms with Crippen LogP contribution in [0.25, 0.3) is 0 Å². The molecule has 0 bridgehead atoms. The smallest absolute Gasteiger partial charge is 0.0781 e. The van der Waals surface area contributed by atoms with Gasteiger partial charge < -0.3 is 10.1 Å². The maximum atomic E-state index is 5.68. The summed E-state index contributed by atoms with van der Waals surface area (Å²) in [5, 5.41) is 3.27. The van der Waals surface area contributed by atoms with Crippen LogP contribution in [0.5, 0.6) is 0 Å². The maximum Gasteiger partial charge on any atom is 0.0781 e. The molecule has 0 rings (SSSR count). The van der Waals surface area contributed by atoms with Gasteiger partial charge in [0.2, 0.25) is 0 Å². The molecule has 0 aromatic carbocycles. The summed E-state index contributed by atoms with van der Waals surface area (Å²) >= 11 is 0. The van der Waals surface area contributed by atoms with Crippen molar-refractivity contribution in [3.05, 3.63) is 12.2 Å². The Morgan fingerprint density at radius 1 is 1.54 bits per heavy atom. The Bertz CT molecular complexity index is 163. The fourth-order valence-corrected chi connectivity index (χ4v) is 1.52. The van der Waals surface area contributed by atoms with Gasteiger partial charge in [0.05, 0.1) is 5.60 Å². The quantitative estimate of drug-likeness (QED) is 0.641. The minimum atomic E-state index is -0.123. The third kappa shape index (κ3) is 4.44. The first-order valence-corrected chi connectivity index (χ1v) is 4.89. The molecule has 0 aliphatic rings. The topological polar surface area (TPSA) is 21.3 Å². The van der Waals surface area contributed by atoms with E-state index < -0.39 is 0 Å². The maximum absolute atomic E-state index is 5.68. The number of likely N-dealkylation sites (N-methyl/N-ethyl adjacent to an activating group) is 1. The van der Waals surface area contributed by atoms with Gasteiger partial charge in [-0.3, -0.25) is 0 Å². The molecule has 2 heteroatoms. The Morgan fingerprint density at radius 2 is 2.08 bits per heavy atom. The molecule has 78 valence electrons. The molecule has 0 aromatic rings. The molecular weight excluding hydrogens is 162 g/mol. The molecule has 0 saturated carbocycles. The SMILES string of the molecule is C=C(C)CC(NC)C(C)(C)OCC. The highest BCUT2D eigenvalue weighted by molar-refractivity contribution is 4.98. The lowest BCUT2D eigenvalue weighted by atomic mass is 9.93. The summed E-state index contributed by atoms with van der Waals surface area (Å²) in [4.78, 5) is 0. The van der Waals surface area contributed by atoms with Crippen molar-refractivity contribution >= 4 is 0 Å². The van der Waals surface area contributed by atoms with Crippen molar-refractivity contribution in [1.29, 1.82) is 0 Å². The van der Waals surface area contributed by atoms with Gasteiger partial charge >= 0.3 is 0 Å². The summed E-state index contributed by atoms with van der Waals surface area (Å²) < 4.78 is 5.68. The van der Waals surface area contributed by atoms with E-state index in [1.807, 2.05) is 20.9 Å². The predicted molar refractivity (Wildman–Crippen MR) is 58.0 cm³/mol. The second-order valence-electron chi connectivity index (χ2n) is 4.04. The van der Waals surface area contributed by atoms with E-state index in [0.29, 0.717) is 6.04 Å². The molecule has 0 spiro atoms. The molecule has 0 radical (unpaired) electrons. The van der Waals surface area contributed by atoms with Gasteiger partial charge in [-0.1, -0.05) is 5.57 Å². The standard InChI is InChI=1S/C11H23NO/c1-7-13-11(4,5)10(12-6)8-9(2)3/h10,12H,2,7-8H2,1,3-6H3. The second-order valence-corrected chi connectivity index (χ2v) is 4.04. The molecule has 1 unspecified atom stereocenters. The number of rotatable bonds is 6. The van der Waals surface area contributed by atoms with Crippen molar-refractivity contribution < 1.29 is 4.74 Å². The zero-order valence-electron chi connectivity index (χ0n) is 9.61. The molecule has 0 saturated heterocycles. The Balaban J connectivity index is 4.27. The van der Waals surface area contributed by atoms with E-state index in [4.69, 9.17) is 4.74 Å². The normalized spacial score (nSPS) is 14.2. The van der Waals surface area contributed by atoms with Gasteiger partial charge in [0.1, 0.15) is 0 Å². The van der Waals surface area contributed by atoms with E-state index in [0.717, 1.165) is 13.0 Å². The van der Waals surface area contributed by atoms with Crippen LogP contribution in [0.3, 0.4) is 0 Å². The molecule has 0 heterocycles. The van der Waals surface area contributed by atoms with Gasteiger partial charge in [-0.05, 0) is 41.2 Å². The van der Waals surface area contributed by atoms with Crippen LogP contribution in [0, 0.1) is 0 Å². The number of ether oxygens (including phenoxy) is 1. The fraction of sp³-hybridized carbons (Fsp3) is 0.818. The summed E-state index contributed by atoms with van der Waals surface area (Å²) in [5.74, 6) is 0. The second kappa shape index (κ2) is 5.40. The highest BCUT2D eigenvalue weighted by atomic mass is 16.5. The molecular formula is C11H23NO. The van der Waals surface area contributed by atoms with Gasteiger partial charge in [-0.25, -0.2) is 0 Å². The Kier molecular flexibility index (Phi) is 5.26. The van der Waals surface area contributed by atoms with E-state index >= 15 is 0 Å². The van der Waals surface area contributed by atoms with Crippen LogP contribution in [-0.2, 0) is 4.74 Å². The molecule has 13 heavy (non-hydrogen) atoms. The summed E-state index contributed by atoms with van der Waals surface area (Å²) in [6, 6.07) is 0.338. The largest absolute Gasteiger partial charge is 0.374 e. The summed E-state index contributed by atoms with van der Waals surface area (Å²) in [5.41, 5.74) is 1.06.